The van der Waals surface area contributed by atoms with Crippen molar-refractivity contribution in [2.24, 2.45) is 35.5 Å². The standard InChI is InChI=1S/C29H49O6P/c1-18(2)23-12-9-20(5)15-26(23)34-36(31,35-27-16-21(6)10-13-24(27)19(3)4)29(30)22-11-14-25(32-7)28(17-22)33-8/h11,14,17-21,23-24,26-27,29-30H,9-10,12-13,15-16H2,1-8H3/t20-,21+,23-,24+,26-,27-,29-,36?/m1/s1. The van der Waals surface area contributed by atoms with Crippen LogP contribution in [-0.2, 0) is 13.6 Å². The molecule has 0 aliphatic heterocycles. The minimum atomic E-state index is -3.97. The summed E-state index contributed by atoms with van der Waals surface area (Å²) in [5, 5.41) is 11.7. The van der Waals surface area contributed by atoms with Crippen LogP contribution in [-0.4, -0.2) is 31.5 Å². The molecule has 0 amide bonds. The Morgan fingerprint density at radius 2 is 1.28 bits per heavy atom. The highest BCUT2D eigenvalue weighted by atomic mass is 31.2. The summed E-state index contributed by atoms with van der Waals surface area (Å²) in [7, 11) is -0.854. The lowest BCUT2D eigenvalue weighted by Crippen LogP contribution is -2.37. The van der Waals surface area contributed by atoms with Crippen molar-refractivity contribution in [1.82, 2.24) is 0 Å². The van der Waals surface area contributed by atoms with Gasteiger partial charge in [0.2, 0.25) is 0 Å². The number of ether oxygens (including phenoxy) is 2. The Hall–Kier alpha value is -1.07. The van der Waals surface area contributed by atoms with Crippen molar-refractivity contribution in [3.05, 3.63) is 23.8 Å². The molecule has 0 aromatic heterocycles. The minimum Gasteiger partial charge on any atom is -0.493 e. The smallest absolute Gasteiger partial charge is 0.363 e. The maximum Gasteiger partial charge on any atom is 0.363 e. The molecular formula is C29H49O6P. The molecule has 0 radical (unpaired) electrons. The van der Waals surface area contributed by atoms with Gasteiger partial charge in [-0.2, -0.15) is 0 Å². The zero-order chi connectivity index (χ0) is 26.6. The molecule has 3 rings (SSSR count). The lowest BCUT2D eigenvalue weighted by Gasteiger charge is -2.42. The first kappa shape index (κ1) is 29.5. The lowest BCUT2D eigenvalue weighted by molar-refractivity contribution is -0.0154. The second-order valence-corrected chi connectivity index (χ2v) is 14.0. The summed E-state index contributed by atoms with van der Waals surface area (Å²) in [6.07, 6.45) is 5.56. The summed E-state index contributed by atoms with van der Waals surface area (Å²) in [4.78, 5) is 0. The van der Waals surface area contributed by atoms with Gasteiger partial charge in [-0.05, 0) is 78.9 Å². The molecule has 6 nitrogen and oxygen atoms in total. The zero-order valence-electron chi connectivity index (χ0n) is 23.6. The molecule has 1 aromatic carbocycles. The van der Waals surface area contributed by atoms with Crippen LogP contribution in [0, 0.1) is 35.5 Å². The number of rotatable bonds is 10. The molecule has 2 aliphatic carbocycles. The Morgan fingerprint density at radius 1 is 0.806 bits per heavy atom. The van der Waals surface area contributed by atoms with Gasteiger partial charge < -0.3 is 23.6 Å². The number of aliphatic hydroxyl groups is 1. The molecule has 0 spiro atoms. The molecule has 206 valence electrons. The Labute approximate surface area is 219 Å². The number of benzene rings is 1. The SMILES string of the molecule is COc1ccc([C@H](O)P(=O)(O[C@@H]2C[C@H](C)CC[C@@H]2C(C)C)O[C@@H]2C[C@@H](C)CC[C@H]2C(C)C)cc1OC. The minimum absolute atomic E-state index is 0.215. The van der Waals surface area contributed by atoms with E-state index in [2.05, 4.69) is 41.5 Å². The van der Waals surface area contributed by atoms with Gasteiger partial charge in [-0.15, -0.1) is 0 Å². The van der Waals surface area contributed by atoms with E-state index in [1.807, 2.05) is 0 Å². The third kappa shape index (κ3) is 6.87. The van der Waals surface area contributed by atoms with Gasteiger partial charge in [-0.1, -0.05) is 60.5 Å². The lowest BCUT2D eigenvalue weighted by atomic mass is 9.75. The fourth-order valence-electron chi connectivity index (χ4n) is 6.19. The highest BCUT2D eigenvalue weighted by Crippen LogP contribution is 2.64. The van der Waals surface area contributed by atoms with E-state index in [0.29, 0.717) is 40.7 Å². The topological polar surface area (TPSA) is 74.2 Å². The van der Waals surface area contributed by atoms with Gasteiger partial charge in [0.1, 0.15) is 0 Å². The first-order valence-corrected chi connectivity index (χ1v) is 15.5. The molecule has 2 saturated carbocycles. The van der Waals surface area contributed by atoms with Gasteiger partial charge in [0.15, 0.2) is 17.3 Å². The summed E-state index contributed by atoms with van der Waals surface area (Å²) in [5.41, 5.74) is 0.450. The molecule has 8 atom stereocenters. The number of aliphatic hydroxyl groups excluding tert-OH is 1. The van der Waals surface area contributed by atoms with Crippen LogP contribution in [0.15, 0.2) is 18.2 Å². The molecule has 0 saturated heterocycles. The predicted octanol–water partition coefficient (Wildman–Crippen LogP) is 7.84. The number of methoxy groups -OCH3 is 2. The second-order valence-electron chi connectivity index (χ2n) is 12.0. The zero-order valence-corrected chi connectivity index (χ0v) is 24.5. The van der Waals surface area contributed by atoms with Gasteiger partial charge in [0.05, 0.1) is 26.4 Å². The van der Waals surface area contributed by atoms with Crippen molar-refractivity contribution in [3.63, 3.8) is 0 Å². The van der Waals surface area contributed by atoms with Gasteiger partial charge >= 0.3 is 7.60 Å². The molecular weight excluding hydrogens is 475 g/mol. The van der Waals surface area contributed by atoms with Crippen LogP contribution in [0.5, 0.6) is 11.5 Å². The Bertz CT molecular complexity index is 849. The number of hydrogen-bond donors (Lipinski definition) is 1. The van der Waals surface area contributed by atoms with E-state index < -0.39 is 13.4 Å². The third-order valence-corrected chi connectivity index (χ3v) is 10.5. The molecule has 7 heteroatoms. The highest BCUT2D eigenvalue weighted by Gasteiger charge is 2.46. The fraction of sp³-hybridized carbons (Fsp3) is 0.793. The quantitative estimate of drug-likeness (QED) is 0.314. The van der Waals surface area contributed by atoms with E-state index in [9.17, 15) is 9.67 Å². The van der Waals surface area contributed by atoms with Crippen molar-refractivity contribution >= 4 is 7.60 Å². The van der Waals surface area contributed by atoms with Gasteiger partial charge in [-0.25, -0.2) is 0 Å². The maximum atomic E-state index is 14.8. The molecule has 1 aromatic rings. The predicted molar refractivity (Wildman–Crippen MR) is 145 cm³/mol. The van der Waals surface area contributed by atoms with E-state index >= 15 is 0 Å². The summed E-state index contributed by atoms with van der Waals surface area (Å²) in [5.74, 6) is 1.92. The summed E-state index contributed by atoms with van der Waals surface area (Å²) >= 11 is 0. The van der Waals surface area contributed by atoms with Crippen LogP contribution in [0.1, 0.15) is 91.5 Å². The first-order valence-electron chi connectivity index (χ1n) is 13.9. The number of hydrogen-bond acceptors (Lipinski definition) is 6. The van der Waals surface area contributed by atoms with Crippen LogP contribution in [0.2, 0.25) is 0 Å². The molecule has 2 fully saturated rings. The highest BCUT2D eigenvalue weighted by molar-refractivity contribution is 7.54. The monoisotopic (exact) mass is 524 g/mol. The van der Waals surface area contributed by atoms with Crippen molar-refractivity contribution in [2.45, 2.75) is 98.1 Å². The van der Waals surface area contributed by atoms with Crippen molar-refractivity contribution < 1.29 is 28.2 Å². The van der Waals surface area contributed by atoms with Crippen LogP contribution < -0.4 is 9.47 Å². The maximum absolute atomic E-state index is 14.8. The molecule has 2 aliphatic rings. The molecule has 0 bridgehead atoms. The first-order chi connectivity index (χ1) is 17.0. The van der Waals surface area contributed by atoms with Crippen molar-refractivity contribution in [3.8, 4) is 11.5 Å². The average molecular weight is 525 g/mol. The van der Waals surface area contributed by atoms with E-state index in [1.54, 1.807) is 32.4 Å². The van der Waals surface area contributed by atoms with E-state index in [0.717, 1.165) is 38.5 Å². The summed E-state index contributed by atoms with van der Waals surface area (Å²) in [6.45, 7) is 13.2. The van der Waals surface area contributed by atoms with Crippen LogP contribution in [0.3, 0.4) is 0 Å². The van der Waals surface area contributed by atoms with Crippen LogP contribution >= 0.6 is 7.60 Å². The molecule has 0 heterocycles. The second kappa shape index (κ2) is 12.7. The normalized spacial score (nSPS) is 31.8. The third-order valence-electron chi connectivity index (χ3n) is 8.49. The van der Waals surface area contributed by atoms with Gasteiger partial charge in [0.25, 0.3) is 0 Å². The molecule has 1 unspecified atom stereocenters. The summed E-state index contributed by atoms with van der Waals surface area (Å²) < 4.78 is 38.7. The largest absolute Gasteiger partial charge is 0.493 e. The van der Waals surface area contributed by atoms with Crippen LogP contribution in [0.4, 0.5) is 0 Å². The Balaban J connectivity index is 2.00. The average Bonchev–Trinajstić information content (AvgIpc) is 2.82. The van der Waals surface area contributed by atoms with E-state index in [4.69, 9.17) is 18.5 Å². The molecule has 1 N–H and O–H groups in total. The van der Waals surface area contributed by atoms with Crippen molar-refractivity contribution in [1.29, 1.82) is 0 Å². The Kier molecular flexibility index (Phi) is 10.4. The van der Waals surface area contributed by atoms with Crippen molar-refractivity contribution in [2.75, 3.05) is 14.2 Å². The Morgan fingerprint density at radius 3 is 1.69 bits per heavy atom. The van der Waals surface area contributed by atoms with E-state index in [-0.39, 0.29) is 24.0 Å². The van der Waals surface area contributed by atoms with Gasteiger partial charge in [0, 0.05) is 0 Å². The molecule has 36 heavy (non-hydrogen) atoms. The van der Waals surface area contributed by atoms with Gasteiger partial charge in [-0.3, -0.25) is 4.57 Å². The van der Waals surface area contributed by atoms with E-state index in [1.165, 1.54) is 0 Å². The summed E-state index contributed by atoms with van der Waals surface area (Å²) in [6, 6.07) is 5.12. The fourth-order valence-corrected chi connectivity index (χ4v) is 8.23. The van der Waals surface area contributed by atoms with Crippen LogP contribution in [0.25, 0.3) is 0 Å².